The number of hydrogen-bond acceptors (Lipinski definition) is 3. The van der Waals surface area contributed by atoms with E-state index < -0.39 is 0 Å². The Morgan fingerprint density at radius 1 is 1.30 bits per heavy atom. The van der Waals surface area contributed by atoms with Crippen molar-refractivity contribution >= 4 is 11.9 Å². The number of benzene rings is 1. The molecule has 1 unspecified atom stereocenters. The van der Waals surface area contributed by atoms with E-state index in [4.69, 9.17) is 9.73 Å². The number of nitrogens with one attached hydrogen (secondary N) is 2. The molecule has 1 aliphatic rings. The predicted molar refractivity (Wildman–Crippen MR) is 110 cm³/mol. The highest BCUT2D eigenvalue weighted by atomic mass is 16.5. The van der Waals surface area contributed by atoms with Crippen molar-refractivity contribution in [3.05, 3.63) is 35.4 Å². The number of aliphatic imine (C=N–C) groups is 1. The summed E-state index contributed by atoms with van der Waals surface area (Å²) in [6.07, 6.45) is 0.0457. The first-order valence-electron chi connectivity index (χ1n) is 9.81. The van der Waals surface area contributed by atoms with Gasteiger partial charge >= 0.3 is 0 Å². The van der Waals surface area contributed by atoms with Crippen molar-refractivity contribution in [2.75, 3.05) is 39.3 Å². The lowest BCUT2D eigenvalue weighted by Gasteiger charge is -2.35. The Bertz CT molecular complexity index is 652. The number of rotatable bonds is 5. The highest BCUT2D eigenvalue weighted by molar-refractivity contribution is 5.81. The molecule has 27 heavy (non-hydrogen) atoms. The van der Waals surface area contributed by atoms with Crippen LogP contribution >= 0.6 is 0 Å². The van der Waals surface area contributed by atoms with Crippen LogP contribution in [-0.4, -0.2) is 56.1 Å². The summed E-state index contributed by atoms with van der Waals surface area (Å²) >= 11 is 0. The molecule has 1 aromatic carbocycles. The molecular weight excluding hydrogens is 340 g/mol. The van der Waals surface area contributed by atoms with Gasteiger partial charge in [-0.1, -0.05) is 45.0 Å². The fourth-order valence-corrected chi connectivity index (χ4v) is 3.00. The van der Waals surface area contributed by atoms with Gasteiger partial charge in [0.15, 0.2) is 5.96 Å². The van der Waals surface area contributed by atoms with Crippen molar-refractivity contribution in [1.29, 1.82) is 0 Å². The first-order valence-corrected chi connectivity index (χ1v) is 9.81. The molecular formula is C21H34N4O2. The number of guanidine groups is 1. The molecule has 1 amide bonds. The van der Waals surface area contributed by atoms with E-state index in [1.807, 2.05) is 20.8 Å². The lowest BCUT2D eigenvalue weighted by atomic mass is 9.96. The number of hydrogen-bond donors (Lipinski definition) is 2. The van der Waals surface area contributed by atoms with Crippen LogP contribution in [0.5, 0.6) is 0 Å². The second-order valence-electron chi connectivity index (χ2n) is 7.90. The zero-order valence-corrected chi connectivity index (χ0v) is 17.3. The highest BCUT2D eigenvalue weighted by Gasteiger charge is 2.25. The minimum absolute atomic E-state index is 0.0457. The summed E-state index contributed by atoms with van der Waals surface area (Å²) in [5.41, 5.74) is 2.10. The second-order valence-corrected chi connectivity index (χ2v) is 7.90. The van der Waals surface area contributed by atoms with Crippen molar-refractivity contribution in [3.63, 3.8) is 0 Å². The SMILES string of the molecule is CCNC(=NCCNC(=O)C(C)(C)C)N1CCOC(c2ccccc2C)C1. The van der Waals surface area contributed by atoms with Gasteiger partial charge in [-0.25, -0.2) is 0 Å². The van der Waals surface area contributed by atoms with E-state index in [2.05, 4.69) is 53.6 Å². The minimum Gasteiger partial charge on any atom is -0.370 e. The maximum Gasteiger partial charge on any atom is 0.225 e. The Labute approximate surface area is 163 Å². The summed E-state index contributed by atoms with van der Waals surface area (Å²) in [6, 6.07) is 8.36. The van der Waals surface area contributed by atoms with Crippen LogP contribution in [0.2, 0.25) is 0 Å². The van der Waals surface area contributed by atoms with Gasteiger partial charge in [-0.05, 0) is 25.0 Å². The fraction of sp³-hybridized carbons (Fsp3) is 0.619. The van der Waals surface area contributed by atoms with Gasteiger partial charge in [0, 0.05) is 25.0 Å². The number of carbonyl (C=O) groups excluding carboxylic acids is 1. The molecule has 0 aromatic heterocycles. The molecule has 1 heterocycles. The van der Waals surface area contributed by atoms with Crippen LogP contribution in [0.4, 0.5) is 0 Å². The molecule has 0 radical (unpaired) electrons. The van der Waals surface area contributed by atoms with Crippen molar-refractivity contribution < 1.29 is 9.53 Å². The van der Waals surface area contributed by atoms with Crippen molar-refractivity contribution in [2.24, 2.45) is 10.4 Å². The largest absolute Gasteiger partial charge is 0.370 e. The molecule has 1 aliphatic heterocycles. The average Bonchev–Trinajstić information content (AvgIpc) is 2.63. The van der Waals surface area contributed by atoms with Gasteiger partial charge in [0.1, 0.15) is 6.10 Å². The Morgan fingerprint density at radius 2 is 2.04 bits per heavy atom. The van der Waals surface area contributed by atoms with Crippen LogP contribution in [0.1, 0.15) is 44.9 Å². The van der Waals surface area contributed by atoms with Crippen molar-refractivity contribution in [1.82, 2.24) is 15.5 Å². The standard InChI is InChI=1S/C21H34N4O2/c1-6-22-20(24-12-11-23-19(26)21(3,4)5)25-13-14-27-18(15-25)17-10-8-7-9-16(17)2/h7-10,18H,6,11-15H2,1-5H3,(H,22,24)(H,23,26). The van der Waals surface area contributed by atoms with Crippen LogP contribution < -0.4 is 10.6 Å². The van der Waals surface area contributed by atoms with Crippen LogP contribution in [-0.2, 0) is 9.53 Å². The summed E-state index contributed by atoms with van der Waals surface area (Å²) in [5, 5.41) is 6.31. The summed E-state index contributed by atoms with van der Waals surface area (Å²) in [5.74, 6) is 0.929. The Balaban J connectivity index is 1.98. The number of aryl methyl sites for hydroxylation is 1. The third kappa shape index (κ3) is 6.24. The molecule has 0 spiro atoms. The van der Waals surface area contributed by atoms with Crippen molar-refractivity contribution in [3.8, 4) is 0 Å². The number of amides is 1. The first-order chi connectivity index (χ1) is 12.8. The molecule has 0 aliphatic carbocycles. The first kappa shape index (κ1) is 21.2. The van der Waals surface area contributed by atoms with E-state index in [1.54, 1.807) is 0 Å². The molecule has 6 heteroatoms. The second kappa shape index (κ2) is 9.74. The molecule has 1 atom stereocenters. The van der Waals surface area contributed by atoms with Crippen LogP contribution in [0.3, 0.4) is 0 Å². The van der Waals surface area contributed by atoms with Crippen LogP contribution in [0.25, 0.3) is 0 Å². The quantitative estimate of drug-likeness (QED) is 0.472. The molecule has 150 valence electrons. The lowest BCUT2D eigenvalue weighted by molar-refractivity contribution is -0.128. The lowest BCUT2D eigenvalue weighted by Crippen LogP contribution is -2.48. The van der Waals surface area contributed by atoms with E-state index >= 15 is 0 Å². The molecule has 6 nitrogen and oxygen atoms in total. The topological polar surface area (TPSA) is 66.0 Å². The third-order valence-corrected chi connectivity index (χ3v) is 4.58. The Morgan fingerprint density at radius 3 is 2.70 bits per heavy atom. The maximum atomic E-state index is 12.0. The number of carbonyl (C=O) groups is 1. The van der Waals surface area contributed by atoms with Gasteiger partial charge in [-0.2, -0.15) is 0 Å². The van der Waals surface area contributed by atoms with E-state index in [0.29, 0.717) is 19.7 Å². The minimum atomic E-state index is -0.376. The summed E-state index contributed by atoms with van der Waals surface area (Å²) < 4.78 is 6.02. The van der Waals surface area contributed by atoms with Gasteiger partial charge < -0.3 is 20.3 Å². The number of ether oxygens (including phenoxy) is 1. The molecule has 0 saturated carbocycles. The fourth-order valence-electron chi connectivity index (χ4n) is 3.00. The van der Waals surface area contributed by atoms with E-state index in [9.17, 15) is 4.79 Å². The Kier molecular flexibility index (Phi) is 7.66. The third-order valence-electron chi connectivity index (χ3n) is 4.58. The predicted octanol–water partition coefficient (Wildman–Crippen LogP) is 2.50. The summed E-state index contributed by atoms with van der Waals surface area (Å²) in [4.78, 5) is 18.9. The monoisotopic (exact) mass is 374 g/mol. The zero-order valence-electron chi connectivity index (χ0n) is 17.3. The zero-order chi connectivity index (χ0) is 19.9. The number of morpholine rings is 1. The van der Waals surface area contributed by atoms with Gasteiger partial charge in [0.25, 0.3) is 0 Å². The summed E-state index contributed by atoms with van der Waals surface area (Å²) in [7, 11) is 0. The molecule has 0 bridgehead atoms. The average molecular weight is 375 g/mol. The van der Waals surface area contributed by atoms with E-state index in [-0.39, 0.29) is 17.4 Å². The van der Waals surface area contributed by atoms with Gasteiger partial charge in [-0.3, -0.25) is 9.79 Å². The molecule has 1 saturated heterocycles. The van der Waals surface area contributed by atoms with E-state index in [1.165, 1.54) is 11.1 Å². The normalized spacial score (nSPS) is 18.3. The van der Waals surface area contributed by atoms with Gasteiger partial charge in [0.05, 0.1) is 19.7 Å². The smallest absolute Gasteiger partial charge is 0.225 e. The Hall–Kier alpha value is -2.08. The van der Waals surface area contributed by atoms with Crippen LogP contribution in [0, 0.1) is 12.3 Å². The van der Waals surface area contributed by atoms with Gasteiger partial charge in [-0.15, -0.1) is 0 Å². The molecule has 1 fully saturated rings. The molecule has 2 N–H and O–H groups in total. The highest BCUT2D eigenvalue weighted by Crippen LogP contribution is 2.24. The van der Waals surface area contributed by atoms with Crippen LogP contribution in [0.15, 0.2) is 29.3 Å². The molecule has 2 rings (SSSR count). The number of nitrogens with zero attached hydrogens (tertiary/aromatic N) is 2. The van der Waals surface area contributed by atoms with Gasteiger partial charge in [0.2, 0.25) is 5.91 Å². The maximum absolute atomic E-state index is 12.0. The molecule has 1 aromatic rings. The van der Waals surface area contributed by atoms with E-state index in [0.717, 1.165) is 25.6 Å². The summed E-state index contributed by atoms with van der Waals surface area (Å²) in [6.45, 7) is 14.1. The van der Waals surface area contributed by atoms with Crippen molar-refractivity contribution in [2.45, 2.75) is 40.7 Å².